The minimum absolute atomic E-state index is 0.0979. The molecule has 0 heterocycles. The zero-order chi connectivity index (χ0) is 25.0. The van der Waals surface area contributed by atoms with E-state index in [1.54, 1.807) is 0 Å². The molecule has 3 aliphatic carbocycles. The molecular weight excluding hydrogens is 448 g/mol. The highest BCUT2D eigenvalue weighted by molar-refractivity contribution is 5.69. The van der Waals surface area contributed by atoms with Gasteiger partial charge in [0.2, 0.25) is 6.04 Å². The minimum atomic E-state index is -0.389. The van der Waals surface area contributed by atoms with Gasteiger partial charge in [0, 0.05) is 36.8 Å². The highest BCUT2D eigenvalue weighted by atomic mass is 16.6. The van der Waals surface area contributed by atoms with E-state index in [1.807, 2.05) is 6.92 Å². The standard InChI is InChI=1S/C25H44N6O4/c1-3-4-25(32)35-18-17-30(2)23-13-9-21(10-14-23)28-26-19-5-7-20(8-6-19)27-29-22-11-15-24(16-12-22)31(33)34/h19-24H,3-18H2,1-2H3. The molecule has 3 aliphatic rings. The lowest BCUT2D eigenvalue weighted by Crippen LogP contribution is -2.38. The van der Waals surface area contributed by atoms with Gasteiger partial charge in [0.15, 0.2) is 0 Å². The summed E-state index contributed by atoms with van der Waals surface area (Å²) in [7, 11) is 2.12. The van der Waals surface area contributed by atoms with Gasteiger partial charge in [-0.1, -0.05) is 6.92 Å². The zero-order valence-electron chi connectivity index (χ0n) is 21.6. The first kappa shape index (κ1) is 27.6. The molecule has 0 bridgehead atoms. The Kier molecular flexibility index (Phi) is 11.5. The number of carbonyl (C=O) groups is 1. The fraction of sp³-hybridized carbons (Fsp3) is 0.960. The van der Waals surface area contributed by atoms with Crippen LogP contribution in [-0.4, -0.2) is 72.2 Å². The third-order valence-corrected chi connectivity index (χ3v) is 7.87. The maximum atomic E-state index is 11.5. The Morgan fingerprint density at radius 3 is 1.69 bits per heavy atom. The van der Waals surface area contributed by atoms with E-state index in [-0.39, 0.29) is 29.0 Å². The van der Waals surface area contributed by atoms with Gasteiger partial charge in [-0.2, -0.15) is 20.5 Å². The van der Waals surface area contributed by atoms with E-state index in [0.717, 1.165) is 77.2 Å². The number of esters is 1. The van der Waals surface area contributed by atoms with Crippen molar-refractivity contribution < 1.29 is 14.5 Å². The molecule has 0 N–H and O–H groups in total. The van der Waals surface area contributed by atoms with E-state index in [2.05, 4.69) is 22.2 Å². The molecule has 3 fully saturated rings. The van der Waals surface area contributed by atoms with Crippen LogP contribution in [0.1, 0.15) is 96.8 Å². The van der Waals surface area contributed by atoms with Crippen molar-refractivity contribution >= 4 is 5.97 Å². The monoisotopic (exact) mass is 492 g/mol. The van der Waals surface area contributed by atoms with Crippen LogP contribution in [0.2, 0.25) is 0 Å². The Hall–Kier alpha value is -1.97. The van der Waals surface area contributed by atoms with E-state index in [1.165, 1.54) is 0 Å². The number of rotatable bonds is 11. The summed E-state index contributed by atoms with van der Waals surface area (Å²) in [6.07, 6.45) is 12.5. The normalized spacial score (nSPS) is 32.3. The first-order valence-electron chi connectivity index (χ1n) is 13.7. The second-order valence-electron chi connectivity index (χ2n) is 10.6. The van der Waals surface area contributed by atoms with Gasteiger partial charge in [0.05, 0.1) is 24.2 Å². The second-order valence-corrected chi connectivity index (χ2v) is 10.6. The summed E-state index contributed by atoms with van der Waals surface area (Å²) >= 11 is 0. The molecular formula is C25H44N6O4. The van der Waals surface area contributed by atoms with Gasteiger partial charge in [0.1, 0.15) is 6.61 Å². The smallest absolute Gasteiger partial charge is 0.305 e. The number of hydrogen-bond donors (Lipinski definition) is 0. The van der Waals surface area contributed by atoms with Gasteiger partial charge >= 0.3 is 5.97 Å². The van der Waals surface area contributed by atoms with Crippen LogP contribution in [0.15, 0.2) is 20.5 Å². The summed E-state index contributed by atoms with van der Waals surface area (Å²) in [5.74, 6) is -0.0979. The van der Waals surface area contributed by atoms with Crippen molar-refractivity contribution in [1.82, 2.24) is 4.90 Å². The van der Waals surface area contributed by atoms with E-state index in [9.17, 15) is 14.9 Å². The number of ether oxygens (including phenoxy) is 1. The number of nitro groups is 1. The SMILES string of the molecule is CCCC(=O)OCCN(C)C1CCC(N=NC2CCC(N=NC3CCC([N+](=O)[O-])CC3)CC2)CC1. The Morgan fingerprint density at radius 2 is 1.26 bits per heavy atom. The maximum absolute atomic E-state index is 11.5. The lowest BCUT2D eigenvalue weighted by atomic mass is 9.90. The molecule has 0 aromatic heterocycles. The Labute approximate surface area is 209 Å². The van der Waals surface area contributed by atoms with Gasteiger partial charge in [-0.25, -0.2) is 0 Å². The molecule has 0 aromatic rings. The third-order valence-electron chi connectivity index (χ3n) is 7.87. The first-order chi connectivity index (χ1) is 16.9. The molecule has 0 radical (unpaired) electrons. The van der Waals surface area contributed by atoms with E-state index in [4.69, 9.17) is 15.0 Å². The number of azo groups is 2. The quantitative estimate of drug-likeness (QED) is 0.166. The highest BCUT2D eigenvalue weighted by Crippen LogP contribution is 2.29. The Balaban J connectivity index is 1.27. The first-order valence-corrected chi connectivity index (χ1v) is 13.7. The molecule has 3 saturated carbocycles. The van der Waals surface area contributed by atoms with Gasteiger partial charge < -0.3 is 9.64 Å². The molecule has 0 spiro atoms. The molecule has 0 aliphatic heterocycles. The molecule has 0 unspecified atom stereocenters. The molecule has 0 aromatic carbocycles. The van der Waals surface area contributed by atoms with Crippen LogP contribution < -0.4 is 0 Å². The third kappa shape index (κ3) is 9.54. The molecule has 0 atom stereocenters. The van der Waals surface area contributed by atoms with Crippen molar-refractivity contribution in [2.75, 3.05) is 20.2 Å². The molecule has 0 amide bonds. The van der Waals surface area contributed by atoms with Crippen molar-refractivity contribution in [3.8, 4) is 0 Å². The van der Waals surface area contributed by atoms with Crippen LogP contribution in [0.25, 0.3) is 0 Å². The number of likely N-dealkylation sites (N-methyl/N-ethyl adjacent to an activating group) is 1. The van der Waals surface area contributed by atoms with E-state index in [0.29, 0.717) is 44.0 Å². The maximum Gasteiger partial charge on any atom is 0.305 e. The Morgan fingerprint density at radius 1 is 0.829 bits per heavy atom. The van der Waals surface area contributed by atoms with Gasteiger partial charge in [-0.15, -0.1) is 0 Å². The predicted octanol–water partition coefficient (Wildman–Crippen LogP) is 5.38. The fourth-order valence-electron chi connectivity index (χ4n) is 5.43. The van der Waals surface area contributed by atoms with Gasteiger partial charge in [-0.05, 0) is 77.7 Å². The average Bonchev–Trinajstić information content (AvgIpc) is 2.87. The number of carbonyl (C=O) groups excluding carboxylic acids is 1. The molecule has 35 heavy (non-hydrogen) atoms. The summed E-state index contributed by atoms with van der Waals surface area (Å²) in [5, 5.41) is 29.4. The molecule has 3 rings (SSSR count). The van der Waals surface area contributed by atoms with Crippen molar-refractivity contribution in [2.24, 2.45) is 20.5 Å². The minimum Gasteiger partial charge on any atom is -0.464 e. The molecule has 198 valence electrons. The lowest BCUT2D eigenvalue weighted by molar-refractivity contribution is -0.526. The molecule has 10 nitrogen and oxygen atoms in total. The van der Waals surface area contributed by atoms with Crippen LogP contribution in [-0.2, 0) is 9.53 Å². The molecule has 0 saturated heterocycles. The van der Waals surface area contributed by atoms with E-state index < -0.39 is 0 Å². The van der Waals surface area contributed by atoms with Gasteiger partial charge in [0.25, 0.3) is 0 Å². The van der Waals surface area contributed by atoms with Crippen molar-refractivity contribution in [2.45, 2.75) is 133 Å². The van der Waals surface area contributed by atoms with Crippen molar-refractivity contribution in [1.29, 1.82) is 0 Å². The number of nitrogens with zero attached hydrogens (tertiary/aromatic N) is 6. The average molecular weight is 493 g/mol. The van der Waals surface area contributed by atoms with Crippen LogP contribution in [0.5, 0.6) is 0 Å². The topological polar surface area (TPSA) is 122 Å². The van der Waals surface area contributed by atoms with Gasteiger partial charge in [-0.3, -0.25) is 14.9 Å². The fourth-order valence-corrected chi connectivity index (χ4v) is 5.43. The summed E-state index contributed by atoms with van der Waals surface area (Å²) in [5.41, 5.74) is 0. The van der Waals surface area contributed by atoms with Crippen molar-refractivity contribution in [3.63, 3.8) is 0 Å². The van der Waals surface area contributed by atoms with Crippen LogP contribution in [0.3, 0.4) is 0 Å². The zero-order valence-corrected chi connectivity index (χ0v) is 21.6. The predicted molar refractivity (Wildman–Crippen MR) is 133 cm³/mol. The summed E-state index contributed by atoms with van der Waals surface area (Å²) in [6, 6.07) is 1.20. The van der Waals surface area contributed by atoms with Crippen LogP contribution in [0.4, 0.5) is 0 Å². The largest absolute Gasteiger partial charge is 0.464 e. The number of hydrogen-bond acceptors (Lipinski definition) is 9. The van der Waals surface area contributed by atoms with E-state index >= 15 is 0 Å². The lowest BCUT2D eigenvalue weighted by Gasteiger charge is -2.33. The Bertz CT molecular complexity index is 709. The van der Waals surface area contributed by atoms with Crippen LogP contribution >= 0.6 is 0 Å². The molecule has 10 heteroatoms. The summed E-state index contributed by atoms with van der Waals surface area (Å²) < 4.78 is 5.29. The summed E-state index contributed by atoms with van der Waals surface area (Å²) in [6.45, 7) is 3.24. The highest BCUT2D eigenvalue weighted by Gasteiger charge is 2.29. The van der Waals surface area contributed by atoms with Crippen molar-refractivity contribution in [3.05, 3.63) is 10.1 Å². The van der Waals surface area contributed by atoms with Crippen LogP contribution in [0, 0.1) is 10.1 Å². The summed E-state index contributed by atoms with van der Waals surface area (Å²) in [4.78, 5) is 24.5. The second kappa shape index (κ2) is 14.6.